The SMILES string of the molecule is NC(=O)OCCCCCCCCCCCC=O. The Bertz CT molecular complexity index is 195. The van der Waals surface area contributed by atoms with Gasteiger partial charge in [0.2, 0.25) is 0 Å². The number of rotatable bonds is 12. The third kappa shape index (κ3) is 14.9. The lowest BCUT2D eigenvalue weighted by molar-refractivity contribution is -0.107. The van der Waals surface area contributed by atoms with Gasteiger partial charge in [-0.3, -0.25) is 0 Å². The number of carbonyl (C=O) groups excluding carboxylic acids is 2. The zero-order chi connectivity index (χ0) is 12.8. The lowest BCUT2D eigenvalue weighted by Gasteiger charge is -2.02. The van der Waals surface area contributed by atoms with E-state index in [2.05, 4.69) is 4.74 Å². The maximum Gasteiger partial charge on any atom is 0.404 e. The molecule has 0 radical (unpaired) electrons. The van der Waals surface area contributed by atoms with Crippen molar-refractivity contribution in [1.82, 2.24) is 0 Å². The monoisotopic (exact) mass is 243 g/mol. The summed E-state index contributed by atoms with van der Waals surface area (Å²) in [7, 11) is 0. The smallest absolute Gasteiger partial charge is 0.404 e. The summed E-state index contributed by atoms with van der Waals surface area (Å²) in [6.07, 6.45) is 11.4. The van der Waals surface area contributed by atoms with E-state index < -0.39 is 6.09 Å². The second kappa shape index (κ2) is 13.0. The van der Waals surface area contributed by atoms with Crippen LogP contribution in [0, 0.1) is 0 Å². The number of nitrogens with two attached hydrogens (primary N) is 1. The maximum absolute atomic E-state index is 10.3. The predicted molar refractivity (Wildman–Crippen MR) is 67.8 cm³/mol. The number of amides is 1. The van der Waals surface area contributed by atoms with E-state index in [0.717, 1.165) is 25.5 Å². The molecule has 17 heavy (non-hydrogen) atoms. The van der Waals surface area contributed by atoms with Crippen molar-refractivity contribution in [2.75, 3.05) is 6.61 Å². The molecule has 0 saturated carbocycles. The molecule has 100 valence electrons. The largest absolute Gasteiger partial charge is 0.450 e. The van der Waals surface area contributed by atoms with Crippen molar-refractivity contribution in [2.45, 2.75) is 64.2 Å². The first-order chi connectivity index (χ1) is 8.27. The Kier molecular flexibility index (Phi) is 12.2. The third-order valence-electron chi connectivity index (χ3n) is 2.71. The highest BCUT2D eigenvalue weighted by Crippen LogP contribution is 2.10. The first-order valence-electron chi connectivity index (χ1n) is 6.63. The second-order valence-corrected chi connectivity index (χ2v) is 4.30. The number of primary amides is 1. The van der Waals surface area contributed by atoms with Crippen LogP contribution in [0.3, 0.4) is 0 Å². The summed E-state index contributed by atoms with van der Waals surface area (Å²) in [6.45, 7) is 0.445. The maximum atomic E-state index is 10.3. The number of hydrogen-bond donors (Lipinski definition) is 1. The fourth-order valence-electron chi connectivity index (χ4n) is 1.74. The molecule has 4 nitrogen and oxygen atoms in total. The zero-order valence-electron chi connectivity index (χ0n) is 10.7. The topological polar surface area (TPSA) is 69.4 Å². The van der Waals surface area contributed by atoms with Gasteiger partial charge in [-0.15, -0.1) is 0 Å². The van der Waals surface area contributed by atoms with Crippen LogP contribution in [0.15, 0.2) is 0 Å². The minimum atomic E-state index is -0.680. The van der Waals surface area contributed by atoms with E-state index in [4.69, 9.17) is 5.73 Å². The Morgan fingerprint density at radius 3 is 1.82 bits per heavy atom. The standard InChI is InChI=1S/C13H25NO3/c14-13(16)17-12-10-8-6-4-2-1-3-5-7-9-11-15/h11H,1-10,12H2,(H2,14,16). The van der Waals surface area contributed by atoms with Gasteiger partial charge in [-0.2, -0.15) is 0 Å². The molecule has 2 N–H and O–H groups in total. The van der Waals surface area contributed by atoms with Crippen molar-refractivity contribution < 1.29 is 14.3 Å². The first-order valence-corrected chi connectivity index (χ1v) is 6.63. The molecule has 1 amide bonds. The highest BCUT2D eigenvalue weighted by atomic mass is 16.5. The molecular weight excluding hydrogens is 218 g/mol. The van der Waals surface area contributed by atoms with Gasteiger partial charge in [0.05, 0.1) is 6.61 Å². The lowest BCUT2D eigenvalue weighted by atomic mass is 10.1. The minimum absolute atomic E-state index is 0.445. The molecule has 0 aliphatic rings. The molecule has 0 aromatic carbocycles. The molecule has 0 saturated heterocycles. The minimum Gasteiger partial charge on any atom is -0.450 e. The van der Waals surface area contributed by atoms with Crippen molar-refractivity contribution in [3.63, 3.8) is 0 Å². The zero-order valence-corrected chi connectivity index (χ0v) is 10.7. The molecule has 0 aromatic heterocycles. The fraction of sp³-hybridized carbons (Fsp3) is 0.846. The van der Waals surface area contributed by atoms with Gasteiger partial charge in [0.1, 0.15) is 6.29 Å². The average molecular weight is 243 g/mol. The van der Waals surface area contributed by atoms with E-state index in [0.29, 0.717) is 13.0 Å². The van der Waals surface area contributed by atoms with E-state index in [1.807, 2.05) is 0 Å². The van der Waals surface area contributed by atoms with Crippen LogP contribution in [-0.2, 0) is 9.53 Å². The summed E-state index contributed by atoms with van der Waals surface area (Å²) in [6, 6.07) is 0. The second-order valence-electron chi connectivity index (χ2n) is 4.30. The summed E-state index contributed by atoms with van der Waals surface area (Å²) in [5.41, 5.74) is 4.84. The first kappa shape index (κ1) is 15.9. The number of aldehydes is 1. The van der Waals surface area contributed by atoms with Gasteiger partial charge in [0.25, 0.3) is 0 Å². The Morgan fingerprint density at radius 1 is 0.882 bits per heavy atom. The number of carbonyl (C=O) groups is 2. The molecule has 0 aliphatic carbocycles. The van der Waals surface area contributed by atoms with E-state index in [1.54, 1.807) is 0 Å². The molecule has 0 spiro atoms. The van der Waals surface area contributed by atoms with Gasteiger partial charge in [-0.1, -0.05) is 44.9 Å². The molecule has 0 fully saturated rings. The van der Waals surface area contributed by atoms with Crippen LogP contribution in [0.2, 0.25) is 0 Å². The number of ether oxygens (including phenoxy) is 1. The van der Waals surface area contributed by atoms with Crippen LogP contribution in [0.4, 0.5) is 4.79 Å². The van der Waals surface area contributed by atoms with Crippen molar-refractivity contribution in [1.29, 1.82) is 0 Å². The quantitative estimate of drug-likeness (QED) is 0.423. The number of hydrogen-bond acceptors (Lipinski definition) is 3. The van der Waals surface area contributed by atoms with E-state index >= 15 is 0 Å². The van der Waals surface area contributed by atoms with E-state index in [-0.39, 0.29) is 0 Å². The van der Waals surface area contributed by atoms with Crippen molar-refractivity contribution in [3.8, 4) is 0 Å². The molecule has 0 rings (SSSR count). The van der Waals surface area contributed by atoms with E-state index in [9.17, 15) is 9.59 Å². The summed E-state index contributed by atoms with van der Waals surface area (Å²) in [5, 5.41) is 0. The summed E-state index contributed by atoms with van der Waals surface area (Å²) < 4.78 is 4.63. The molecule has 0 atom stereocenters. The van der Waals surface area contributed by atoms with Gasteiger partial charge in [-0.05, 0) is 12.8 Å². The normalized spacial score (nSPS) is 10.1. The highest BCUT2D eigenvalue weighted by Gasteiger charge is 1.95. The van der Waals surface area contributed by atoms with Crippen LogP contribution in [0.5, 0.6) is 0 Å². The summed E-state index contributed by atoms with van der Waals surface area (Å²) >= 11 is 0. The third-order valence-corrected chi connectivity index (χ3v) is 2.71. The van der Waals surface area contributed by atoms with Crippen molar-refractivity contribution in [2.24, 2.45) is 5.73 Å². The molecule has 0 heterocycles. The van der Waals surface area contributed by atoms with Gasteiger partial charge in [0.15, 0.2) is 0 Å². The van der Waals surface area contributed by atoms with Crippen LogP contribution in [0.1, 0.15) is 64.2 Å². The Balaban J connectivity index is 2.94. The van der Waals surface area contributed by atoms with Gasteiger partial charge < -0.3 is 15.3 Å². The van der Waals surface area contributed by atoms with Crippen LogP contribution >= 0.6 is 0 Å². The number of unbranched alkanes of at least 4 members (excludes halogenated alkanes) is 9. The van der Waals surface area contributed by atoms with Crippen molar-refractivity contribution in [3.05, 3.63) is 0 Å². The molecule has 4 heteroatoms. The van der Waals surface area contributed by atoms with Crippen LogP contribution in [-0.4, -0.2) is 19.0 Å². The lowest BCUT2D eigenvalue weighted by Crippen LogP contribution is -2.13. The van der Waals surface area contributed by atoms with E-state index in [1.165, 1.54) is 38.5 Å². The summed E-state index contributed by atoms with van der Waals surface area (Å²) in [4.78, 5) is 20.3. The summed E-state index contributed by atoms with van der Waals surface area (Å²) in [5.74, 6) is 0. The Morgan fingerprint density at radius 2 is 1.35 bits per heavy atom. The van der Waals surface area contributed by atoms with Crippen LogP contribution in [0.25, 0.3) is 0 Å². The molecule has 0 bridgehead atoms. The predicted octanol–water partition coefficient (Wildman–Crippen LogP) is 3.18. The Hall–Kier alpha value is -1.06. The Labute approximate surface area is 104 Å². The van der Waals surface area contributed by atoms with Crippen LogP contribution < -0.4 is 5.73 Å². The van der Waals surface area contributed by atoms with Crippen molar-refractivity contribution >= 4 is 12.4 Å². The molecular formula is C13H25NO3. The van der Waals surface area contributed by atoms with Gasteiger partial charge in [0, 0.05) is 6.42 Å². The fourth-order valence-corrected chi connectivity index (χ4v) is 1.74. The van der Waals surface area contributed by atoms with Gasteiger partial charge >= 0.3 is 6.09 Å². The molecule has 0 aromatic rings. The van der Waals surface area contributed by atoms with Gasteiger partial charge in [-0.25, -0.2) is 4.79 Å². The molecule has 0 unspecified atom stereocenters. The average Bonchev–Trinajstić information content (AvgIpc) is 2.30. The highest BCUT2D eigenvalue weighted by molar-refractivity contribution is 5.64. The molecule has 0 aliphatic heterocycles.